The summed E-state index contributed by atoms with van der Waals surface area (Å²) in [6.45, 7) is 6.31. The first-order valence-corrected chi connectivity index (χ1v) is 9.50. The first kappa shape index (κ1) is 18.9. The second-order valence-electron chi connectivity index (χ2n) is 7.19. The largest absolute Gasteiger partial charge is 0.345 e. The van der Waals surface area contributed by atoms with Gasteiger partial charge in [0.2, 0.25) is 5.91 Å². The van der Waals surface area contributed by atoms with Crippen LogP contribution >= 0.6 is 0 Å². The first-order chi connectivity index (χ1) is 13.0. The van der Waals surface area contributed by atoms with Crippen molar-refractivity contribution >= 4 is 5.91 Å². The van der Waals surface area contributed by atoms with Crippen LogP contribution in [-0.4, -0.2) is 5.91 Å². The van der Waals surface area contributed by atoms with Gasteiger partial charge in [0.15, 0.2) is 0 Å². The summed E-state index contributed by atoms with van der Waals surface area (Å²) in [7, 11) is 0. The minimum absolute atomic E-state index is 0.0744. The molecule has 0 aromatic heterocycles. The van der Waals surface area contributed by atoms with Gasteiger partial charge in [-0.1, -0.05) is 72.8 Å². The van der Waals surface area contributed by atoms with Crippen molar-refractivity contribution in [3.63, 3.8) is 0 Å². The first-order valence-electron chi connectivity index (χ1n) is 9.50. The third-order valence-electron chi connectivity index (χ3n) is 5.15. The van der Waals surface area contributed by atoms with Crippen LogP contribution in [0.1, 0.15) is 45.8 Å². The van der Waals surface area contributed by atoms with Crippen molar-refractivity contribution in [1.82, 2.24) is 5.32 Å². The van der Waals surface area contributed by atoms with Crippen molar-refractivity contribution in [1.29, 1.82) is 0 Å². The van der Waals surface area contributed by atoms with E-state index in [1.165, 1.54) is 22.3 Å². The number of rotatable bonds is 6. The van der Waals surface area contributed by atoms with Gasteiger partial charge < -0.3 is 5.32 Å². The topological polar surface area (TPSA) is 29.1 Å². The molecule has 1 amide bonds. The molecular weight excluding hydrogens is 330 g/mol. The summed E-state index contributed by atoms with van der Waals surface area (Å²) in [5, 5.41) is 3.25. The highest BCUT2D eigenvalue weighted by Crippen LogP contribution is 2.25. The van der Waals surface area contributed by atoms with E-state index in [1.807, 2.05) is 30.3 Å². The van der Waals surface area contributed by atoms with Gasteiger partial charge in [0.1, 0.15) is 0 Å². The molecule has 0 aliphatic carbocycles. The standard InChI is InChI=1S/C25H27NO/c1-18-13-14-21(17-20(18)3)15-16-24(27)26-25(22-10-5-4-6-11-22)23-12-8-7-9-19(23)2/h4-14,17,25H,15-16H2,1-3H3,(H,26,27)/t25-/m1/s1. The van der Waals surface area contributed by atoms with E-state index in [2.05, 4.69) is 68.6 Å². The maximum atomic E-state index is 12.7. The van der Waals surface area contributed by atoms with Crippen LogP contribution < -0.4 is 5.32 Å². The Balaban J connectivity index is 1.75. The monoisotopic (exact) mass is 357 g/mol. The molecule has 0 aliphatic heterocycles. The Morgan fingerprint density at radius 1 is 0.815 bits per heavy atom. The lowest BCUT2D eigenvalue weighted by molar-refractivity contribution is -0.121. The van der Waals surface area contributed by atoms with Crippen molar-refractivity contribution < 1.29 is 4.79 Å². The molecule has 0 fully saturated rings. The lowest BCUT2D eigenvalue weighted by Gasteiger charge is -2.22. The number of carbonyl (C=O) groups excluding carboxylic acids is 1. The predicted octanol–water partition coefficient (Wildman–Crippen LogP) is 5.45. The van der Waals surface area contributed by atoms with Crippen LogP contribution in [0.4, 0.5) is 0 Å². The summed E-state index contributed by atoms with van der Waals surface area (Å²) in [4.78, 5) is 12.7. The summed E-state index contributed by atoms with van der Waals surface area (Å²) < 4.78 is 0. The number of benzene rings is 3. The molecule has 0 saturated heterocycles. The van der Waals surface area contributed by atoms with Gasteiger partial charge in [0.25, 0.3) is 0 Å². The fourth-order valence-electron chi connectivity index (χ4n) is 3.35. The summed E-state index contributed by atoms with van der Waals surface area (Å²) in [6, 6.07) is 24.7. The Morgan fingerprint density at radius 2 is 1.52 bits per heavy atom. The average molecular weight is 357 g/mol. The van der Waals surface area contributed by atoms with E-state index in [0.29, 0.717) is 6.42 Å². The van der Waals surface area contributed by atoms with E-state index in [0.717, 1.165) is 17.5 Å². The van der Waals surface area contributed by atoms with E-state index in [-0.39, 0.29) is 11.9 Å². The van der Waals surface area contributed by atoms with Crippen molar-refractivity contribution in [2.24, 2.45) is 0 Å². The normalized spacial score (nSPS) is 11.8. The van der Waals surface area contributed by atoms with Crippen molar-refractivity contribution in [3.05, 3.63) is 106 Å². The van der Waals surface area contributed by atoms with Crippen LogP contribution in [0.15, 0.2) is 72.8 Å². The molecule has 0 saturated carbocycles. The van der Waals surface area contributed by atoms with E-state index in [9.17, 15) is 4.79 Å². The molecule has 1 N–H and O–H groups in total. The molecule has 3 aromatic carbocycles. The van der Waals surface area contributed by atoms with Gasteiger partial charge in [0, 0.05) is 6.42 Å². The molecule has 2 heteroatoms. The summed E-state index contributed by atoms with van der Waals surface area (Å²) >= 11 is 0. The van der Waals surface area contributed by atoms with Crippen molar-refractivity contribution in [2.75, 3.05) is 0 Å². The molecule has 2 nitrogen and oxygen atoms in total. The molecule has 0 heterocycles. The van der Waals surface area contributed by atoms with Crippen LogP contribution in [-0.2, 0) is 11.2 Å². The van der Waals surface area contributed by atoms with Crippen LogP contribution in [0, 0.1) is 20.8 Å². The highest BCUT2D eigenvalue weighted by atomic mass is 16.1. The molecule has 0 aliphatic rings. The number of aryl methyl sites for hydroxylation is 4. The van der Waals surface area contributed by atoms with E-state index in [1.54, 1.807) is 0 Å². The van der Waals surface area contributed by atoms with Crippen LogP contribution in [0.25, 0.3) is 0 Å². The second-order valence-corrected chi connectivity index (χ2v) is 7.19. The number of amides is 1. The highest BCUT2D eigenvalue weighted by molar-refractivity contribution is 5.77. The molecule has 3 aromatic rings. The number of nitrogens with one attached hydrogen (secondary N) is 1. The lowest BCUT2D eigenvalue weighted by atomic mass is 9.94. The molecule has 3 rings (SSSR count). The zero-order chi connectivity index (χ0) is 19.2. The molecule has 138 valence electrons. The molecule has 0 radical (unpaired) electrons. The minimum Gasteiger partial charge on any atom is -0.345 e. The summed E-state index contributed by atoms with van der Waals surface area (Å²) in [5.41, 5.74) is 7.19. The average Bonchev–Trinajstić information content (AvgIpc) is 2.68. The molecular formula is C25H27NO. The Morgan fingerprint density at radius 3 is 2.22 bits per heavy atom. The fraction of sp³-hybridized carbons (Fsp3) is 0.240. The highest BCUT2D eigenvalue weighted by Gasteiger charge is 2.18. The van der Waals surface area contributed by atoms with Crippen LogP contribution in [0.5, 0.6) is 0 Å². The maximum absolute atomic E-state index is 12.7. The summed E-state index contributed by atoms with van der Waals surface area (Å²) in [5.74, 6) is 0.0744. The molecule has 1 atom stereocenters. The van der Waals surface area contributed by atoms with Gasteiger partial charge in [0.05, 0.1) is 6.04 Å². The number of hydrogen-bond donors (Lipinski definition) is 1. The van der Waals surface area contributed by atoms with Crippen molar-refractivity contribution in [2.45, 2.75) is 39.7 Å². The fourth-order valence-corrected chi connectivity index (χ4v) is 3.35. The summed E-state index contributed by atoms with van der Waals surface area (Å²) in [6.07, 6.45) is 1.24. The maximum Gasteiger partial charge on any atom is 0.221 e. The van der Waals surface area contributed by atoms with Gasteiger partial charge in [-0.15, -0.1) is 0 Å². The van der Waals surface area contributed by atoms with Gasteiger partial charge >= 0.3 is 0 Å². The second kappa shape index (κ2) is 8.68. The zero-order valence-electron chi connectivity index (χ0n) is 16.3. The van der Waals surface area contributed by atoms with Crippen molar-refractivity contribution in [3.8, 4) is 0 Å². The van der Waals surface area contributed by atoms with Gasteiger partial charge in [-0.2, -0.15) is 0 Å². The predicted molar refractivity (Wildman–Crippen MR) is 112 cm³/mol. The van der Waals surface area contributed by atoms with E-state index in [4.69, 9.17) is 0 Å². The zero-order valence-corrected chi connectivity index (χ0v) is 16.3. The van der Waals surface area contributed by atoms with Crippen LogP contribution in [0.2, 0.25) is 0 Å². The molecule has 0 bridgehead atoms. The third-order valence-corrected chi connectivity index (χ3v) is 5.15. The molecule has 0 spiro atoms. The van der Waals surface area contributed by atoms with E-state index >= 15 is 0 Å². The quantitative estimate of drug-likeness (QED) is 0.624. The lowest BCUT2D eigenvalue weighted by Crippen LogP contribution is -2.30. The Bertz CT molecular complexity index is 915. The number of hydrogen-bond acceptors (Lipinski definition) is 1. The smallest absolute Gasteiger partial charge is 0.221 e. The Labute approximate surface area is 162 Å². The molecule has 27 heavy (non-hydrogen) atoms. The molecule has 0 unspecified atom stereocenters. The Kier molecular flexibility index (Phi) is 6.08. The van der Waals surface area contributed by atoms with Gasteiger partial charge in [-0.25, -0.2) is 0 Å². The van der Waals surface area contributed by atoms with Crippen LogP contribution in [0.3, 0.4) is 0 Å². The minimum atomic E-state index is -0.125. The van der Waals surface area contributed by atoms with E-state index < -0.39 is 0 Å². The number of carbonyl (C=O) groups is 1. The third kappa shape index (κ3) is 4.85. The SMILES string of the molecule is Cc1ccc(CCC(=O)N[C@H](c2ccccc2)c2ccccc2C)cc1C. The van der Waals surface area contributed by atoms with Gasteiger partial charge in [-0.05, 0) is 60.6 Å². The Hall–Kier alpha value is -2.87. The van der Waals surface area contributed by atoms with Gasteiger partial charge in [-0.3, -0.25) is 4.79 Å².